The second-order valence-electron chi connectivity index (χ2n) is 6.17. The van der Waals surface area contributed by atoms with Gasteiger partial charge in [0, 0.05) is 17.3 Å². The Hall–Kier alpha value is -1.36. The maximum Gasteiger partial charge on any atom is 0.222 e. The highest BCUT2D eigenvalue weighted by Gasteiger charge is 2.18. The summed E-state index contributed by atoms with van der Waals surface area (Å²) in [6.45, 7) is 6.28. The monoisotopic (exact) mass is 366 g/mol. The molecule has 1 aromatic carbocycles. The van der Waals surface area contributed by atoms with E-state index in [-0.39, 0.29) is 30.4 Å². The van der Waals surface area contributed by atoms with Crippen LogP contribution in [0.5, 0.6) is 0 Å². The molecule has 0 spiro atoms. The molecule has 0 aliphatic heterocycles. The summed E-state index contributed by atoms with van der Waals surface area (Å²) in [7, 11) is 0. The molecule has 0 aliphatic rings. The molecule has 3 N–H and O–H groups in total. The van der Waals surface area contributed by atoms with Crippen LogP contribution in [0, 0.1) is 0 Å². The van der Waals surface area contributed by atoms with E-state index in [4.69, 9.17) is 5.73 Å². The summed E-state index contributed by atoms with van der Waals surface area (Å²) in [5.41, 5.74) is 8.18. The van der Waals surface area contributed by atoms with Gasteiger partial charge < -0.3 is 11.1 Å². The van der Waals surface area contributed by atoms with Crippen LogP contribution >= 0.6 is 23.7 Å². The molecule has 1 heterocycles. The second kappa shape index (κ2) is 9.82. The van der Waals surface area contributed by atoms with Crippen molar-refractivity contribution < 1.29 is 4.79 Å². The summed E-state index contributed by atoms with van der Waals surface area (Å²) >= 11 is 1.66. The highest BCUT2D eigenvalue weighted by atomic mass is 35.5. The highest BCUT2D eigenvalue weighted by Crippen LogP contribution is 2.28. The molecule has 0 bridgehead atoms. The highest BCUT2D eigenvalue weighted by molar-refractivity contribution is 7.10. The minimum atomic E-state index is -0.133. The molecule has 1 amide bonds. The number of hydrogen-bond donors (Lipinski definition) is 2. The molecule has 1 aromatic heterocycles. The van der Waals surface area contributed by atoms with Crippen molar-refractivity contribution in [3.8, 4) is 0 Å². The van der Waals surface area contributed by atoms with Crippen molar-refractivity contribution in [1.82, 2.24) is 5.32 Å². The Morgan fingerprint density at radius 2 is 1.79 bits per heavy atom. The number of halogens is 1. The predicted molar refractivity (Wildman–Crippen MR) is 105 cm³/mol. The number of amides is 1. The van der Waals surface area contributed by atoms with Gasteiger partial charge in [-0.3, -0.25) is 4.79 Å². The maximum absolute atomic E-state index is 12.2. The van der Waals surface area contributed by atoms with Crippen molar-refractivity contribution in [2.75, 3.05) is 0 Å². The molecule has 2 aromatic rings. The zero-order valence-electron chi connectivity index (χ0n) is 14.5. The van der Waals surface area contributed by atoms with E-state index in [1.807, 2.05) is 18.4 Å². The number of thiophene rings is 1. The third-order valence-electron chi connectivity index (χ3n) is 4.09. The SMILES string of the molecule is CCC(C)c1ccc(C(NC(=O)CC(C)N)c2cccs2)cc1.Cl. The Kier molecular flexibility index (Phi) is 8.46. The maximum atomic E-state index is 12.2. The molecule has 0 aliphatic carbocycles. The summed E-state index contributed by atoms with van der Waals surface area (Å²) in [5, 5.41) is 5.16. The van der Waals surface area contributed by atoms with Gasteiger partial charge in [-0.2, -0.15) is 0 Å². The minimum absolute atomic E-state index is 0. The molecule has 0 saturated carbocycles. The third kappa shape index (κ3) is 5.62. The van der Waals surface area contributed by atoms with Crippen molar-refractivity contribution in [2.45, 2.75) is 51.6 Å². The average Bonchev–Trinajstić information content (AvgIpc) is 3.05. The van der Waals surface area contributed by atoms with Crippen molar-refractivity contribution in [3.05, 3.63) is 57.8 Å². The third-order valence-corrected chi connectivity index (χ3v) is 5.03. The fourth-order valence-electron chi connectivity index (χ4n) is 2.54. The van der Waals surface area contributed by atoms with Crippen molar-refractivity contribution >= 4 is 29.7 Å². The first kappa shape index (κ1) is 20.7. The van der Waals surface area contributed by atoms with Crippen LogP contribution in [-0.4, -0.2) is 11.9 Å². The molecule has 0 saturated heterocycles. The molecule has 0 fully saturated rings. The van der Waals surface area contributed by atoms with Gasteiger partial charge in [-0.25, -0.2) is 0 Å². The fourth-order valence-corrected chi connectivity index (χ4v) is 3.34. The van der Waals surface area contributed by atoms with Crippen molar-refractivity contribution in [2.24, 2.45) is 5.73 Å². The van der Waals surface area contributed by atoms with E-state index in [0.29, 0.717) is 12.3 Å². The van der Waals surface area contributed by atoms with Crippen LogP contribution in [0.25, 0.3) is 0 Å². The van der Waals surface area contributed by atoms with E-state index in [0.717, 1.165) is 16.9 Å². The van der Waals surface area contributed by atoms with Crippen LogP contribution in [0.15, 0.2) is 41.8 Å². The molecule has 132 valence electrons. The second-order valence-corrected chi connectivity index (χ2v) is 7.15. The molecule has 3 nitrogen and oxygen atoms in total. The normalized spacial score (nSPS) is 14.3. The number of hydrogen-bond acceptors (Lipinski definition) is 3. The van der Waals surface area contributed by atoms with E-state index in [2.05, 4.69) is 49.5 Å². The Balaban J connectivity index is 0.00000288. The quantitative estimate of drug-likeness (QED) is 0.750. The van der Waals surface area contributed by atoms with Crippen LogP contribution < -0.4 is 11.1 Å². The Morgan fingerprint density at radius 3 is 2.29 bits per heavy atom. The van der Waals surface area contributed by atoms with E-state index >= 15 is 0 Å². The van der Waals surface area contributed by atoms with Crippen LogP contribution in [0.4, 0.5) is 0 Å². The minimum Gasteiger partial charge on any atom is -0.344 e. The molecule has 2 rings (SSSR count). The Bertz CT molecular complexity index is 611. The smallest absolute Gasteiger partial charge is 0.222 e. The van der Waals surface area contributed by atoms with Gasteiger partial charge in [-0.15, -0.1) is 23.7 Å². The average molecular weight is 367 g/mol. The number of nitrogens with two attached hydrogens (primary N) is 1. The largest absolute Gasteiger partial charge is 0.344 e. The number of carbonyl (C=O) groups excluding carboxylic acids is 1. The van der Waals surface area contributed by atoms with Crippen LogP contribution in [0.3, 0.4) is 0 Å². The van der Waals surface area contributed by atoms with Gasteiger partial charge in [-0.05, 0) is 41.8 Å². The van der Waals surface area contributed by atoms with Crippen LogP contribution in [0.1, 0.15) is 61.6 Å². The van der Waals surface area contributed by atoms with Crippen LogP contribution in [-0.2, 0) is 4.79 Å². The predicted octanol–water partition coefficient (Wildman–Crippen LogP) is 4.63. The number of nitrogens with one attached hydrogen (secondary N) is 1. The summed E-state index contributed by atoms with van der Waals surface area (Å²) in [4.78, 5) is 13.3. The Morgan fingerprint density at radius 1 is 1.17 bits per heavy atom. The number of rotatable bonds is 7. The molecule has 24 heavy (non-hydrogen) atoms. The van der Waals surface area contributed by atoms with Gasteiger partial charge in [0.1, 0.15) is 0 Å². The molecule has 3 unspecified atom stereocenters. The lowest BCUT2D eigenvalue weighted by Crippen LogP contribution is -2.33. The lowest BCUT2D eigenvalue weighted by atomic mass is 9.95. The van der Waals surface area contributed by atoms with Gasteiger partial charge in [0.2, 0.25) is 5.91 Å². The van der Waals surface area contributed by atoms with E-state index in [1.165, 1.54) is 5.56 Å². The zero-order chi connectivity index (χ0) is 16.8. The summed E-state index contributed by atoms with van der Waals surface area (Å²) < 4.78 is 0. The standard InChI is InChI=1S/C19H26N2OS.ClH/c1-4-13(2)15-7-9-16(10-8-15)19(17-6-5-11-23-17)21-18(22)12-14(3)20;/h5-11,13-14,19H,4,12,20H2,1-3H3,(H,21,22);1H. The number of carbonyl (C=O) groups is 1. The summed E-state index contributed by atoms with van der Waals surface area (Å²) in [5.74, 6) is 0.543. The van der Waals surface area contributed by atoms with Gasteiger partial charge in [0.05, 0.1) is 6.04 Å². The first-order valence-electron chi connectivity index (χ1n) is 8.19. The summed E-state index contributed by atoms with van der Waals surface area (Å²) in [6.07, 6.45) is 1.46. The van der Waals surface area contributed by atoms with Gasteiger partial charge in [0.15, 0.2) is 0 Å². The van der Waals surface area contributed by atoms with E-state index < -0.39 is 0 Å². The first-order chi connectivity index (χ1) is 11.0. The van der Waals surface area contributed by atoms with E-state index in [1.54, 1.807) is 11.3 Å². The number of benzene rings is 1. The summed E-state index contributed by atoms with van der Waals surface area (Å²) in [6, 6.07) is 12.4. The molecular weight excluding hydrogens is 340 g/mol. The molecular formula is C19H27ClN2OS. The Labute approximate surface area is 155 Å². The zero-order valence-corrected chi connectivity index (χ0v) is 16.1. The van der Waals surface area contributed by atoms with Gasteiger partial charge >= 0.3 is 0 Å². The lowest BCUT2D eigenvalue weighted by molar-refractivity contribution is -0.121. The van der Waals surface area contributed by atoms with Crippen LogP contribution in [0.2, 0.25) is 0 Å². The topological polar surface area (TPSA) is 55.1 Å². The lowest BCUT2D eigenvalue weighted by Gasteiger charge is -2.20. The van der Waals surface area contributed by atoms with Gasteiger partial charge in [-0.1, -0.05) is 44.2 Å². The van der Waals surface area contributed by atoms with E-state index in [9.17, 15) is 4.79 Å². The molecule has 0 radical (unpaired) electrons. The van der Waals surface area contributed by atoms with Crippen molar-refractivity contribution in [1.29, 1.82) is 0 Å². The van der Waals surface area contributed by atoms with Crippen molar-refractivity contribution in [3.63, 3.8) is 0 Å². The fraction of sp³-hybridized carbons (Fsp3) is 0.421. The first-order valence-corrected chi connectivity index (χ1v) is 9.07. The molecule has 3 atom stereocenters. The molecule has 5 heteroatoms. The van der Waals surface area contributed by atoms with Gasteiger partial charge in [0.25, 0.3) is 0 Å².